The number of hydrogen-bond acceptors (Lipinski definition) is 11. The lowest BCUT2D eigenvalue weighted by molar-refractivity contribution is -0.143. The molecule has 7 rings (SSSR count). The molecule has 2 bridgehead atoms. The Morgan fingerprint density at radius 3 is 1.95 bits per heavy atom. The van der Waals surface area contributed by atoms with Crippen LogP contribution in [0.2, 0.25) is 10.0 Å². The van der Waals surface area contributed by atoms with Crippen LogP contribution in [0.25, 0.3) is 0 Å². The van der Waals surface area contributed by atoms with Crippen LogP contribution in [0.15, 0.2) is 58.7 Å². The van der Waals surface area contributed by atoms with Crippen molar-refractivity contribution in [1.82, 2.24) is 24.5 Å². The zero-order chi connectivity index (χ0) is 45.2. The van der Waals surface area contributed by atoms with Crippen LogP contribution in [0.5, 0.6) is 0 Å². The summed E-state index contributed by atoms with van der Waals surface area (Å²) >= 11 is 13.7. The Morgan fingerprint density at radius 2 is 1.35 bits per heavy atom. The summed E-state index contributed by atoms with van der Waals surface area (Å²) in [6.45, 7) is 9.39. The van der Waals surface area contributed by atoms with Crippen LogP contribution < -0.4 is 0 Å². The average molecular weight is 908 g/mol. The third-order valence-electron chi connectivity index (χ3n) is 13.5. The van der Waals surface area contributed by atoms with Crippen molar-refractivity contribution in [2.24, 2.45) is 10.9 Å². The highest BCUT2D eigenvalue weighted by atomic mass is 35.5. The molecule has 16 heteroatoms. The van der Waals surface area contributed by atoms with Crippen LogP contribution in [-0.2, 0) is 35.0 Å². The fraction of sp³-hybridized carbons (Fsp3) is 0.574. The summed E-state index contributed by atoms with van der Waals surface area (Å²) in [5.41, 5.74) is 1.46. The number of piperidine rings is 1. The van der Waals surface area contributed by atoms with E-state index < -0.39 is 35.5 Å². The number of rotatable bonds is 10. The molecule has 4 unspecified atom stereocenters. The smallest absolute Gasteiger partial charge is 0.410 e. The van der Waals surface area contributed by atoms with Crippen LogP contribution >= 0.6 is 23.2 Å². The summed E-state index contributed by atoms with van der Waals surface area (Å²) in [7, 11) is 4.74. The molecule has 63 heavy (non-hydrogen) atoms. The second-order valence-electron chi connectivity index (χ2n) is 18.3. The highest BCUT2D eigenvalue weighted by Crippen LogP contribution is 2.47. The van der Waals surface area contributed by atoms with E-state index in [4.69, 9.17) is 42.4 Å². The molecule has 14 nitrogen and oxygen atoms in total. The first-order chi connectivity index (χ1) is 30.1. The number of esters is 2. The zero-order valence-corrected chi connectivity index (χ0v) is 38.8. The maximum Gasteiger partial charge on any atom is 0.410 e. The number of carbonyl (C=O) groups excluding carboxylic acids is 5. The zero-order valence-electron chi connectivity index (χ0n) is 37.2. The number of ether oxygens (including phenoxy) is 3. The number of allylic oxidation sites excluding steroid dienone is 1. The number of carbonyl (C=O) groups is 5. The van der Waals surface area contributed by atoms with Crippen molar-refractivity contribution in [3.63, 3.8) is 0 Å². The van der Waals surface area contributed by atoms with E-state index in [1.165, 1.54) is 27.1 Å². The minimum atomic E-state index is -1.22. The topological polar surface area (TPSA) is 142 Å². The molecular formula is C47H60Cl2N6O8. The second kappa shape index (κ2) is 19.7. The van der Waals surface area contributed by atoms with Gasteiger partial charge in [0, 0.05) is 97.7 Å². The lowest BCUT2D eigenvalue weighted by Gasteiger charge is -2.45. The summed E-state index contributed by atoms with van der Waals surface area (Å²) in [6.07, 6.45) is 4.58. The maximum atomic E-state index is 14.3. The largest absolute Gasteiger partial charge is 0.468 e. The molecule has 5 heterocycles. The SMILES string of the molecule is COC(=O)C1=C(CCc2ccccc2C(=O)N2CCN(C(=O)OC(C)(C)C)CC2)N=C(CC(=O)N2CCN(C3CC4CCC(C3)N4C)CC2)C(C(=O)OC)C1c1c(Cl)cccc1Cl. The first-order valence-corrected chi connectivity index (χ1v) is 22.8. The van der Waals surface area contributed by atoms with Crippen molar-refractivity contribution in [2.45, 2.75) is 95.4 Å². The number of hydrogen-bond donors (Lipinski definition) is 0. The number of halogens is 2. The van der Waals surface area contributed by atoms with Gasteiger partial charge in [0.2, 0.25) is 5.91 Å². The standard InChI is InChI=1S/C47H60Cl2N6O8/c1-47(2,3)63-46(60)55-24-22-54(23-25-55)43(57)33-11-8-7-10-29(33)14-17-36-40(44(58)61-5)42(39-34(48)12-9-13-35(39)49)41(45(59)62-6)37(50-36)28-38(56)53-20-18-52(19-21-53)32-26-30-15-16-31(27-32)51(30)4/h7-13,30-32,41-42H,14-28H2,1-6H3. The number of aryl methyl sites for hydroxylation is 1. The molecule has 0 aliphatic carbocycles. The maximum absolute atomic E-state index is 14.3. The van der Waals surface area contributed by atoms with Crippen molar-refractivity contribution in [2.75, 3.05) is 73.6 Å². The molecule has 5 aliphatic heterocycles. The van der Waals surface area contributed by atoms with Crippen molar-refractivity contribution in [1.29, 1.82) is 0 Å². The summed E-state index contributed by atoms with van der Waals surface area (Å²) in [6, 6.07) is 13.9. The molecule has 4 atom stereocenters. The van der Waals surface area contributed by atoms with E-state index in [-0.39, 0.29) is 52.4 Å². The lowest BCUT2D eigenvalue weighted by Crippen LogP contribution is -2.56. The Hall–Kier alpha value is -4.50. The van der Waals surface area contributed by atoms with Gasteiger partial charge in [-0.05, 0) is 95.7 Å². The molecule has 2 aromatic carbocycles. The monoisotopic (exact) mass is 906 g/mol. The van der Waals surface area contributed by atoms with Crippen molar-refractivity contribution >= 4 is 58.8 Å². The van der Waals surface area contributed by atoms with Gasteiger partial charge in [-0.15, -0.1) is 0 Å². The number of nitrogens with zero attached hydrogens (tertiary/aromatic N) is 6. The Morgan fingerprint density at radius 1 is 0.746 bits per heavy atom. The number of aliphatic imine (C=N–C) groups is 1. The number of fused-ring (bicyclic) bond motifs is 2. The number of amides is 3. The summed E-state index contributed by atoms with van der Waals surface area (Å²) < 4.78 is 16.3. The molecule has 0 saturated carbocycles. The molecule has 2 aromatic rings. The highest BCUT2D eigenvalue weighted by Gasteiger charge is 2.47. The van der Waals surface area contributed by atoms with Gasteiger partial charge in [-0.2, -0.15) is 0 Å². The van der Waals surface area contributed by atoms with Gasteiger partial charge in [0.25, 0.3) is 5.91 Å². The second-order valence-corrected chi connectivity index (χ2v) is 19.1. The predicted octanol–water partition coefficient (Wildman–Crippen LogP) is 6.23. The Kier molecular flexibility index (Phi) is 14.5. The van der Waals surface area contributed by atoms with Crippen LogP contribution in [0, 0.1) is 5.92 Å². The van der Waals surface area contributed by atoms with E-state index in [9.17, 15) is 24.0 Å². The molecular weight excluding hydrogens is 847 g/mol. The molecule has 340 valence electrons. The molecule has 0 N–H and O–H groups in total. The number of piperazine rings is 2. The summed E-state index contributed by atoms with van der Waals surface area (Å²) in [4.78, 5) is 84.4. The van der Waals surface area contributed by atoms with Gasteiger partial charge in [-0.25, -0.2) is 9.59 Å². The van der Waals surface area contributed by atoms with Gasteiger partial charge in [0.05, 0.1) is 31.9 Å². The van der Waals surface area contributed by atoms with E-state index in [0.29, 0.717) is 79.8 Å². The number of methoxy groups -OCH3 is 2. The summed E-state index contributed by atoms with van der Waals surface area (Å²) in [5.74, 6) is -4.13. The first kappa shape index (κ1) is 46.5. The molecule has 5 aliphatic rings. The van der Waals surface area contributed by atoms with Gasteiger partial charge in [-0.1, -0.05) is 47.5 Å². The quantitative estimate of drug-likeness (QED) is 0.199. The summed E-state index contributed by atoms with van der Waals surface area (Å²) in [5, 5.41) is 0.437. The Labute approximate surface area is 380 Å². The van der Waals surface area contributed by atoms with Gasteiger partial charge in [-0.3, -0.25) is 24.3 Å². The van der Waals surface area contributed by atoms with Crippen molar-refractivity contribution in [3.8, 4) is 0 Å². The lowest BCUT2D eigenvalue weighted by atomic mass is 9.73. The van der Waals surface area contributed by atoms with Crippen LogP contribution in [-0.4, -0.2) is 157 Å². The average Bonchev–Trinajstić information content (AvgIpc) is 3.45. The molecule has 4 fully saturated rings. The molecule has 0 spiro atoms. The van der Waals surface area contributed by atoms with Crippen molar-refractivity contribution in [3.05, 3.63) is 80.5 Å². The Bertz CT molecular complexity index is 2110. The van der Waals surface area contributed by atoms with E-state index in [0.717, 1.165) is 25.9 Å². The molecule has 0 aromatic heterocycles. The predicted molar refractivity (Wildman–Crippen MR) is 240 cm³/mol. The molecule has 4 saturated heterocycles. The third-order valence-corrected chi connectivity index (χ3v) is 14.1. The van der Waals surface area contributed by atoms with Gasteiger partial charge >= 0.3 is 18.0 Å². The van der Waals surface area contributed by atoms with E-state index in [2.05, 4.69) is 16.8 Å². The molecule has 0 radical (unpaired) electrons. The van der Waals surface area contributed by atoms with E-state index in [1.54, 1.807) is 40.1 Å². The van der Waals surface area contributed by atoms with Gasteiger partial charge < -0.3 is 33.8 Å². The molecule has 3 amide bonds. The van der Waals surface area contributed by atoms with Gasteiger partial charge in [0.1, 0.15) is 11.5 Å². The normalized spacial score (nSPS) is 24.5. The van der Waals surface area contributed by atoms with Crippen molar-refractivity contribution < 1.29 is 38.2 Å². The van der Waals surface area contributed by atoms with E-state index >= 15 is 0 Å². The minimum absolute atomic E-state index is 0.0712. The van der Waals surface area contributed by atoms with Crippen LogP contribution in [0.4, 0.5) is 4.79 Å². The highest BCUT2D eigenvalue weighted by molar-refractivity contribution is 6.36. The number of benzene rings is 2. The Balaban J connectivity index is 1.16. The van der Waals surface area contributed by atoms with E-state index in [1.807, 2.05) is 37.8 Å². The fourth-order valence-electron chi connectivity index (χ4n) is 10.1. The van der Waals surface area contributed by atoms with Gasteiger partial charge in [0.15, 0.2) is 0 Å². The minimum Gasteiger partial charge on any atom is -0.468 e. The third kappa shape index (κ3) is 10.2. The first-order valence-electron chi connectivity index (χ1n) is 22.1. The van der Waals surface area contributed by atoms with Crippen LogP contribution in [0.1, 0.15) is 86.7 Å². The fourth-order valence-corrected chi connectivity index (χ4v) is 10.8. The van der Waals surface area contributed by atoms with Crippen LogP contribution in [0.3, 0.4) is 0 Å².